The van der Waals surface area contributed by atoms with Gasteiger partial charge in [-0.15, -0.1) is 0 Å². The number of ether oxygens (including phenoxy) is 1. The van der Waals surface area contributed by atoms with Crippen molar-refractivity contribution in [2.24, 2.45) is 5.92 Å². The van der Waals surface area contributed by atoms with E-state index in [4.69, 9.17) is 9.15 Å². The molecule has 0 spiro atoms. The molecular weight excluding hydrogens is 512 g/mol. The van der Waals surface area contributed by atoms with Gasteiger partial charge in [-0.05, 0) is 54.7 Å². The predicted octanol–water partition coefficient (Wildman–Crippen LogP) is 1.83. The number of β-amino-alcohol motifs (C(OH)–C–C–N with tert-alkyl or cyclic N) is 1. The number of rotatable bonds is 11. The van der Waals surface area contributed by atoms with Crippen LogP contribution in [0.15, 0.2) is 53.5 Å². The number of likely N-dealkylation sites (tertiary alicyclic amines) is 1. The van der Waals surface area contributed by atoms with Crippen LogP contribution in [-0.4, -0.2) is 81.6 Å². The Morgan fingerprint density at radius 1 is 1.18 bits per heavy atom. The first-order valence-corrected chi connectivity index (χ1v) is 13.8. The third kappa shape index (κ3) is 6.43. The Balaban J connectivity index is 0.929. The van der Waals surface area contributed by atoms with Gasteiger partial charge in [0.25, 0.3) is 5.91 Å². The van der Waals surface area contributed by atoms with E-state index < -0.39 is 6.10 Å². The van der Waals surface area contributed by atoms with Crippen molar-refractivity contribution >= 4 is 17.6 Å². The zero-order valence-corrected chi connectivity index (χ0v) is 22.3. The summed E-state index contributed by atoms with van der Waals surface area (Å²) in [7, 11) is 0. The summed E-state index contributed by atoms with van der Waals surface area (Å²) in [6, 6.07) is 9.57. The molecule has 1 saturated heterocycles. The Labute approximate surface area is 232 Å². The van der Waals surface area contributed by atoms with E-state index in [1.54, 1.807) is 24.5 Å². The fourth-order valence-electron chi connectivity index (χ4n) is 5.17. The number of aliphatic hydroxyl groups excluding tert-OH is 1. The average molecular weight is 547 g/mol. The van der Waals surface area contributed by atoms with Crippen LogP contribution < -0.4 is 15.4 Å². The first-order chi connectivity index (χ1) is 19.5. The lowest BCUT2D eigenvalue weighted by Crippen LogP contribution is -2.57. The Kier molecular flexibility index (Phi) is 7.65. The molecule has 6 rings (SSSR count). The zero-order chi connectivity index (χ0) is 27.5. The van der Waals surface area contributed by atoms with Crippen LogP contribution in [0.5, 0.6) is 5.75 Å². The smallest absolute Gasteiger partial charge is 0.251 e. The van der Waals surface area contributed by atoms with Gasteiger partial charge in [0, 0.05) is 56.9 Å². The lowest BCUT2D eigenvalue weighted by atomic mass is 9.99. The van der Waals surface area contributed by atoms with Crippen molar-refractivity contribution in [3.05, 3.63) is 71.6 Å². The van der Waals surface area contributed by atoms with Gasteiger partial charge < -0.3 is 29.8 Å². The van der Waals surface area contributed by atoms with Crippen LogP contribution in [0.1, 0.15) is 40.1 Å². The highest BCUT2D eigenvalue weighted by atomic mass is 16.5. The summed E-state index contributed by atoms with van der Waals surface area (Å²) in [4.78, 5) is 37.1. The number of fused-ring (bicyclic) bond motifs is 1. The number of amides is 2. The number of anilines is 1. The maximum absolute atomic E-state index is 12.7. The average Bonchev–Trinajstić information content (AvgIpc) is 3.67. The highest BCUT2D eigenvalue weighted by Gasteiger charge is 2.39. The van der Waals surface area contributed by atoms with Gasteiger partial charge in [-0.2, -0.15) is 0 Å². The quantitative estimate of drug-likeness (QED) is 0.329. The number of carbonyl (C=O) groups is 2. The SMILES string of the molecule is O=C(NCC(O)CN1CCc2cc(OCc3cnco3)ccc2C1)c1ccnc(NC2CN(C(=O)C3CC3)C2)c1. The maximum Gasteiger partial charge on any atom is 0.251 e. The number of nitrogens with one attached hydrogen (secondary N) is 2. The van der Waals surface area contributed by atoms with E-state index in [0.717, 1.165) is 38.1 Å². The van der Waals surface area contributed by atoms with Crippen LogP contribution in [0, 0.1) is 5.92 Å². The predicted molar refractivity (Wildman–Crippen MR) is 146 cm³/mol. The molecule has 0 radical (unpaired) electrons. The lowest BCUT2D eigenvalue weighted by Gasteiger charge is -2.40. The van der Waals surface area contributed by atoms with Crippen molar-refractivity contribution in [1.82, 2.24) is 25.1 Å². The van der Waals surface area contributed by atoms with E-state index in [1.807, 2.05) is 11.0 Å². The molecule has 1 atom stereocenters. The second-order valence-electron chi connectivity index (χ2n) is 10.8. The molecule has 210 valence electrons. The molecule has 3 aromatic rings. The van der Waals surface area contributed by atoms with Gasteiger partial charge in [-0.3, -0.25) is 14.5 Å². The molecule has 1 saturated carbocycles. The fourth-order valence-corrected chi connectivity index (χ4v) is 5.17. The lowest BCUT2D eigenvalue weighted by molar-refractivity contribution is -0.136. The highest BCUT2D eigenvalue weighted by molar-refractivity contribution is 5.94. The number of benzene rings is 1. The van der Waals surface area contributed by atoms with E-state index >= 15 is 0 Å². The Morgan fingerprint density at radius 3 is 2.85 bits per heavy atom. The largest absolute Gasteiger partial charge is 0.486 e. The maximum atomic E-state index is 12.7. The van der Waals surface area contributed by atoms with Crippen molar-refractivity contribution in [3.63, 3.8) is 0 Å². The zero-order valence-electron chi connectivity index (χ0n) is 22.3. The summed E-state index contributed by atoms with van der Waals surface area (Å²) in [6.45, 7) is 3.83. The van der Waals surface area contributed by atoms with Crippen LogP contribution in [-0.2, 0) is 24.4 Å². The summed E-state index contributed by atoms with van der Waals surface area (Å²) in [5, 5.41) is 16.8. The van der Waals surface area contributed by atoms with E-state index in [-0.39, 0.29) is 30.3 Å². The number of aromatic nitrogens is 2. The van der Waals surface area contributed by atoms with Crippen molar-refractivity contribution in [2.75, 3.05) is 38.0 Å². The van der Waals surface area contributed by atoms with Crippen LogP contribution in [0.2, 0.25) is 0 Å². The van der Waals surface area contributed by atoms with E-state index in [9.17, 15) is 14.7 Å². The first-order valence-electron chi connectivity index (χ1n) is 13.8. The Bertz CT molecular complexity index is 1340. The molecule has 40 heavy (non-hydrogen) atoms. The molecule has 1 aliphatic carbocycles. The first kappa shape index (κ1) is 26.3. The normalized spacial score (nSPS) is 18.0. The van der Waals surface area contributed by atoms with Crippen molar-refractivity contribution < 1.29 is 23.8 Å². The number of hydrogen-bond donors (Lipinski definition) is 3. The molecule has 2 aromatic heterocycles. The molecule has 1 unspecified atom stereocenters. The molecule has 2 amide bonds. The van der Waals surface area contributed by atoms with Crippen molar-refractivity contribution in [1.29, 1.82) is 0 Å². The molecule has 4 heterocycles. The van der Waals surface area contributed by atoms with Gasteiger partial charge in [0.2, 0.25) is 5.91 Å². The van der Waals surface area contributed by atoms with E-state index in [2.05, 4.69) is 37.6 Å². The van der Waals surface area contributed by atoms with Crippen molar-refractivity contribution in [2.45, 2.75) is 44.6 Å². The molecule has 0 bridgehead atoms. The molecule has 1 aromatic carbocycles. The van der Waals surface area contributed by atoms with Crippen molar-refractivity contribution in [3.8, 4) is 5.75 Å². The minimum atomic E-state index is -0.695. The van der Waals surface area contributed by atoms with Gasteiger partial charge >= 0.3 is 0 Å². The van der Waals surface area contributed by atoms with Crippen LogP contribution >= 0.6 is 0 Å². The molecule has 11 heteroatoms. The van der Waals surface area contributed by atoms with Crippen LogP contribution in [0.4, 0.5) is 5.82 Å². The van der Waals surface area contributed by atoms with Gasteiger partial charge in [-0.1, -0.05) is 6.07 Å². The summed E-state index contributed by atoms with van der Waals surface area (Å²) >= 11 is 0. The molecule has 3 N–H and O–H groups in total. The van der Waals surface area contributed by atoms with Gasteiger partial charge in [0.05, 0.1) is 18.3 Å². The molecule has 3 aliphatic rings. The third-order valence-electron chi connectivity index (χ3n) is 7.59. The van der Waals surface area contributed by atoms with Gasteiger partial charge in [0.1, 0.15) is 18.2 Å². The second kappa shape index (κ2) is 11.6. The monoisotopic (exact) mass is 546 g/mol. The minimum absolute atomic E-state index is 0.142. The molecule has 2 fully saturated rings. The summed E-state index contributed by atoms with van der Waals surface area (Å²) < 4.78 is 11.0. The Hall–Kier alpha value is -3.96. The fraction of sp³-hybridized carbons (Fsp3) is 0.448. The van der Waals surface area contributed by atoms with Gasteiger partial charge in [-0.25, -0.2) is 9.97 Å². The third-order valence-corrected chi connectivity index (χ3v) is 7.59. The number of oxazole rings is 1. The topological polar surface area (TPSA) is 133 Å². The molecule has 2 aliphatic heterocycles. The summed E-state index contributed by atoms with van der Waals surface area (Å²) in [6.07, 6.45) is 6.80. The highest BCUT2D eigenvalue weighted by Crippen LogP contribution is 2.32. The number of aliphatic hydroxyl groups is 1. The van der Waals surface area contributed by atoms with Crippen LogP contribution in [0.25, 0.3) is 0 Å². The number of hydrogen-bond acceptors (Lipinski definition) is 9. The number of carbonyl (C=O) groups excluding carboxylic acids is 2. The second-order valence-corrected chi connectivity index (χ2v) is 10.8. The standard InChI is InChI=1S/C29H34N6O5/c36-24(16-34-8-6-20-9-25(4-3-22(20)13-34)39-17-26-12-30-18-40-26)11-32-28(37)21-5-7-31-27(10-21)33-23-14-35(15-23)29(38)19-1-2-19/h3-5,7,9-10,12,18-19,23-24,36H,1-2,6,8,11,13-17H2,(H,31,33)(H,32,37). The summed E-state index contributed by atoms with van der Waals surface area (Å²) in [5.74, 6) is 2.30. The van der Waals surface area contributed by atoms with E-state index in [0.29, 0.717) is 43.4 Å². The Morgan fingerprint density at radius 2 is 2.05 bits per heavy atom. The molecule has 11 nitrogen and oxygen atoms in total. The minimum Gasteiger partial charge on any atom is -0.486 e. The van der Waals surface area contributed by atoms with E-state index in [1.165, 1.54) is 17.5 Å². The van der Waals surface area contributed by atoms with Crippen LogP contribution in [0.3, 0.4) is 0 Å². The number of pyridine rings is 1. The van der Waals surface area contributed by atoms with Gasteiger partial charge in [0.15, 0.2) is 12.2 Å². The summed E-state index contributed by atoms with van der Waals surface area (Å²) in [5.41, 5.74) is 2.92. The molecular formula is C29H34N6O5. The number of nitrogens with zero attached hydrogens (tertiary/aromatic N) is 4.